The van der Waals surface area contributed by atoms with Crippen LogP contribution in [0, 0.1) is 5.82 Å². The maximum Gasteiger partial charge on any atom is 0.255 e. The van der Waals surface area contributed by atoms with Crippen LogP contribution < -0.4 is 20.1 Å². The van der Waals surface area contributed by atoms with Crippen molar-refractivity contribution < 1.29 is 23.4 Å². The second kappa shape index (κ2) is 9.18. The van der Waals surface area contributed by atoms with Gasteiger partial charge < -0.3 is 29.8 Å². The number of anilines is 2. The van der Waals surface area contributed by atoms with Crippen LogP contribution in [0.2, 0.25) is 0 Å². The van der Waals surface area contributed by atoms with Crippen molar-refractivity contribution in [3.8, 4) is 22.8 Å². The number of ether oxygens (including phenoxy) is 3. The quantitative estimate of drug-likeness (QED) is 0.502. The Kier molecular flexibility index (Phi) is 5.93. The molecule has 5 rings (SSSR count). The molecule has 3 N–H and O–H groups in total. The minimum absolute atomic E-state index is 0.0239. The van der Waals surface area contributed by atoms with Crippen LogP contribution in [0.1, 0.15) is 28.4 Å². The first kappa shape index (κ1) is 22.0. The highest BCUT2D eigenvalue weighted by molar-refractivity contribution is 6.07. The van der Waals surface area contributed by atoms with Crippen LogP contribution in [0.4, 0.5) is 15.8 Å². The number of benzene rings is 1. The Hall–Kier alpha value is -3.85. The molecule has 0 aliphatic carbocycles. The maximum absolute atomic E-state index is 14.4. The van der Waals surface area contributed by atoms with E-state index in [4.69, 9.17) is 14.2 Å². The Labute approximate surface area is 196 Å². The summed E-state index contributed by atoms with van der Waals surface area (Å²) in [5.41, 5.74) is 3.57. The van der Waals surface area contributed by atoms with E-state index in [1.54, 1.807) is 31.6 Å². The lowest BCUT2D eigenvalue weighted by atomic mass is 9.93. The molecule has 2 aliphatic heterocycles. The number of para-hydroxylation sites is 1. The lowest BCUT2D eigenvalue weighted by Crippen LogP contribution is -2.35. The first-order valence-electron chi connectivity index (χ1n) is 11.0. The topological polar surface area (TPSA) is 97.5 Å². The molecule has 8 nitrogen and oxygen atoms in total. The molecule has 0 saturated carbocycles. The summed E-state index contributed by atoms with van der Waals surface area (Å²) in [6.07, 6.45) is 7.76. The number of aromatic amines is 1. The summed E-state index contributed by atoms with van der Waals surface area (Å²) in [5.74, 6) is -0.0996. The second-order valence-corrected chi connectivity index (χ2v) is 8.14. The number of halogens is 1. The van der Waals surface area contributed by atoms with Crippen LogP contribution in [0.25, 0.3) is 11.3 Å². The SMILES string of the molecule is COc1c(F)cccc1Nc1c2[nH]c3c1C(=O)NC[C@H]3C/C=C/[C@H](OC)COc1cnccc1-2. The van der Waals surface area contributed by atoms with Gasteiger partial charge in [0.25, 0.3) is 5.91 Å². The van der Waals surface area contributed by atoms with Gasteiger partial charge in [-0.1, -0.05) is 18.2 Å². The highest BCUT2D eigenvalue weighted by Gasteiger charge is 2.33. The van der Waals surface area contributed by atoms with E-state index in [0.717, 1.165) is 5.69 Å². The number of nitrogens with zero attached hydrogens (tertiary/aromatic N) is 1. The minimum atomic E-state index is -0.504. The van der Waals surface area contributed by atoms with Crippen molar-refractivity contribution >= 4 is 17.3 Å². The summed E-state index contributed by atoms with van der Waals surface area (Å²) in [6, 6.07) is 6.42. The highest BCUT2D eigenvalue weighted by Crippen LogP contribution is 2.44. The van der Waals surface area contributed by atoms with Gasteiger partial charge in [0.05, 0.1) is 35.9 Å². The summed E-state index contributed by atoms with van der Waals surface area (Å²) in [5, 5.41) is 6.25. The lowest BCUT2D eigenvalue weighted by Gasteiger charge is -2.23. The van der Waals surface area contributed by atoms with Gasteiger partial charge in [-0.3, -0.25) is 9.78 Å². The molecule has 0 fully saturated rings. The van der Waals surface area contributed by atoms with Crippen molar-refractivity contribution in [2.24, 2.45) is 0 Å². The third-order valence-electron chi connectivity index (χ3n) is 6.14. The maximum atomic E-state index is 14.4. The lowest BCUT2D eigenvalue weighted by molar-refractivity contribution is 0.0913. The molecule has 2 bridgehead atoms. The van der Waals surface area contributed by atoms with Crippen molar-refractivity contribution in [3.63, 3.8) is 0 Å². The summed E-state index contributed by atoms with van der Waals surface area (Å²) in [7, 11) is 3.04. The first-order chi connectivity index (χ1) is 16.6. The molecule has 4 heterocycles. The molecule has 2 aliphatic rings. The Bertz CT molecular complexity index is 1260. The van der Waals surface area contributed by atoms with E-state index >= 15 is 0 Å². The van der Waals surface area contributed by atoms with E-state index in [1.165, 1.54) is 13.2 Å². The number of carbonyl (C=O) groups excluding carboxylic acids is 1. The van der Waals surface area contributed by atoms with Gasteiger partial charge in [0, 0.05) is 37.0 Å². The molecule has 1 amide bonds. The van der Waals surface area contributed by atoms with Crippen molar-refractivity contribution in [2.45, 2.75) is 18.4 Å². The number of H-pyrrole nitrogens is 1. The number of rotatable bonds is 4. The number of pyridine rings is 1. The van der Waals surface area contributed by atoms with Gasteiger partial charge in [-0.05, 0) is 24.6 Å². The summed E-state index contributed by atoms with van der Waals surface area (Å²) >= 11 is 0. The Morgan fingerprint density at radius 2 is 2.15 bits per heavy atom. The van der Waals surface area contributed by atoms with Crippen LogP contribution in [-0.4, -0.2) is 49.4 Å². The van der Waals surface area contributed by atoms with Crippen LogP contribution in [0.5, 0.6) is 11.5 Å². The molecule has 0 spiro atoms. The fourth-order valence-electron chi connectivity index (χ4n) is 4.42. The molecule has 9 heteroatoms. The van der Waals surface area contributed by atoms with E-state index in [1.807, 2.05) is 18.2 Å². The standard InChI is InChI=1S/C25H25FN4O4/c1-32-15-6-3-5-14-11-28-25(31)20-21(14)30-22(16-9-10-27-12-19(16)34-13-15)23(20)29-18-8-4-7-17(26)24(18)33-2/h3-4,6-10,12,14-15,29-30H,5,11,13H2,1-2H3,(H,28,31)/b6-3+/t14-,15+/m1/s1. The van der Waals surface area contributed by atoms with Crippen LogP contribution in [0.15, 0.2) is 48.8 Å². The first-order valence-corrected chi connectivity index (χ1v) is 11.0. The normalized spacial score (nSPS) is 20.1. The number of hydrogen-bond donors (Lipinski definition) is 3. The average molecular weight is 464 g/mol. The Balaban J connectivity index is 1.72. The summed E-state index contributed by atoms with van der Waals surface area (Å²) in [4.78, 5) is 20.8. The van der Waals surface area contributed by atoms with Gasteiger partial charge in [-0.15, -0.1) is 0 Å². The van der Waals surface area contributed by atoms with E-state index in [9.17, 15) is 9.18 Å². The molecule has 3 aromatic rings. The number of aromatic nitrogens is 2. The van der Waals surface area contributed by atoms with Crippen molar-refractivity contribution in [2.75, 3.05) is 32.7 Å². The van der Waals surface area contributed by atoms with Crippen molar-refractivity contribution in [1.82, 2.24) is 15.3 Å². The molecular weight excluding hydrogens is 439 g/mol. The van der Waals surface area contributed by atoms with Crippen LogP contribution >= 0.6 is 0 Å². The number of nitrogens with one attached hydrogen (secondary N) is 3. The number of amides is 1. The number of carbonyl (C=O) groups is 1. The van der Waals surface area contributed by atoms with Gasteiger partial charge >= 0.3 is 0 Å². The zero-order chi connectivity index (χ0) is 23.7. The molecule has 2 aromatic heterocycles. The number of allylic oxidation sites excluding steroid dienone is 1. The van der Waals surface area contributed by atoms with E-state index in [2.05, 4.69) is 20.6 Å². The highest BCUT2D eigenvalue weighted by atomic mass is 19.1. The zero-order valence-corrected chi connectivity index (χ0v) is 18.9. The molecule has 1 aromatic carbocycles. The molecule has 176 valence electrons. The van der Waals surface area contributed by atoms with E-state index < -0.39 is 5.82 Å². The zero-order valence-electron chi connectivity index (χ0n) is 18.9. The van der Waals surface area contributed by atoms with E-state index in [-0.39, 0.29) is 23.7 Å². The second-order valence-electron chi connectivity index (χ2n) is 8.14. The van der Waals surface area contributed by atoms with Crippen molar-refractivity contribution in [1.29, 1.82) is 0 Å². The van der Waals surface area contributed by atoms with Gasteiger partial charge in [-0.25, -0.2) is 4.39 Å². The smallest absolute Gasteiger partial charge is 0.255 e. The fourth-order valence-corrected chi connectivity index (χ4v) is 4.42. The van der Waals surface area contributed by atoms with E-state index in [0.29, 0.717) is 53.5 Å². The molecule has 2 atom stereocenters. The molecule has 0 radical (unpaired) electrons. The van der Waals surface area contributed by atoms with Crippen molar-refractivity contribution in [3.05, 3.63) is 65.9 Å². The summed E-state index contributed by atoms with van der Waals surface area (Å²) in [6.45, 7) is 0.796. The fraction of sp³-hybridized carbons (Fsp3) is 0.280. The largest absolute Gasteiger partial charge is 0.492 e. The number of methoxy groups -OCH3 is 2. The Morgan fingerprint density at radius 1 is 1.26 bits per heavy atom. The number of hydrogen-bond acceptors (Lipinski definition) is 6. The Morgan fingerprint density at radius 3 is 2.97 bits per heavy atom. The predicted molar refractivity (Wildman–Crippen MR) is 125 cm³/mol. The molecule has 0 unspecified atom stereocenters. The van der Waals surface area contributed by atoms with Crippen LogP contribution in [-0.2, 0) is 4.74 Å². The number of fused-ring (bicyclic) bond motifs is 3. The molecule has 0 saturated heterocycles. The minimum Gasteiger partial charge on any atom is -0.492 e. The summed E-state index contributed by atoms with van der Waals surface area (Å²) < 4.78 is 31.3. The van der Waals surface area contributed by atoms with Gasteiger partial charge in [0.1, 0.15) is 18.5 Å². The van der Waals surface area contributed by atoms with Gasteiger partial charge in [0.15, 0.2) is 11.6 Å². The predicted octanol–water partition coefficient (Wildman–Crippen LogP) is 4.15. The molecule has 34 heavy (non-hydrogen) atoms. The van der Waals surface area contributed by atoms with Gasteiger partial charge in [-0.2, -0.15) is 0 Å². The van der Waals surface area contributed by atoms with Crippen LogP contribution in [0.3, 0.4) is 0 Å². The van der Waals surface area contributed by atoms with Gasteiger partial charge in [0.2, 0.25) is 0 Å². The average Bonchev–Trinajstić information content (AvgIpc) is 3.22. The monoisotopic (exact) mass is 464 g/mol. The third-order valence-corrected chi connectivity index (χ3v) is 6.14. The third kappa shape index (κ3) is 3.88. The molecular formula is C25H25FN4O4.